The highest BCUT2D eigenvalue weighted by Gasteiger charge is 2.14. The van der Waals surface area contributed by atoms with Gasteiger partial charge in [0, 0.05) is 10.6 Å². The van der Waals surface area contributed by atoms with E-state index in [0.717, 1.165) is 5.56 Å². The van der Waals surface area contributed by atoms with Crippen LogP contribution in [-0.4, -0.2) is 31.2 Å². The van der Waals surface area contributed by atoms with Gasteiger partial charge in [0.25, 0.3) is 0 Å². The smallest absolute Gasteiger partial charge is 0.373 e. The largest absolute Gasteiger partial charge is 0.475 e. The van der Waals surface area contributed by atoms with Crippen LogP contribution >= 0.6 is 11.6 Å². The highest BCUT2D eigenvalue weighted by atomic mass is 35.5. The molecule has 2 aromatic heterocycles. The number of aromatic amines is 1. The third-order valence-corrected chi connectivity index (χ3v) is 2.86. The van der Waals surface area contributed by atoms with Crippen molar-refractivity contribution in [2.24, 2.45) is 0 Å². The first-order chi connectivity index (χ1) is 9.15. The van der Waals surface area contributed by atoms with Crippen molar-refractivity contribution in [2.75, 3.05) is 0 Å². The maximum atomic E-state index is 10.9. The van der Waals surface area contributed by atoms with E-state index in [-0.39, 0.29) is 5.82 Å². The summed E-state index contributed by atoms with van der Waals surface area (Å²) in [7, 11) is 0. The molecule has 3 aromatic rings. The summed E-state index contributed by atoms with van der Waals surface area (Å²) < 4.78 is 0. The molecule has 19 heavy (non-hydrogen) atoms. The Bertz CT molecular complexity index is 767. The van der Waals surface area contributed by atoms with E-state index in [9.17, 15) is 4.79 Å². The predicted molar refractivity (Wildman–Crippen MR) is 69.1 cm³/mol. The summed E-state index contributed by atoms with van der Waals surface area (Å²) in [6.45, 7) is 0. The van der Waals surface area contributed by atoms with Crippen LogP contribution < -0.4 is 0 Å². The maximum Gasteiger partial charge on any atom is 0.373 e. The molecule has 94 valence electrons. The highest BCUT2D eigenvalue weighted by Crippen LogP contribution is 2.25. The molecular formula is C12H7ClN4O2. The second-order valence-corrected chi connectivity index (χ2v) is 4.28. The van der Waals surface area contributed by atoms with Gasteiger partial charge in [-0.2, -0.15) is 5.10 Å². The van der Waals surface area contributed by atoms with E-state index in [1.807, 2.05) is 0 Å². The number of rotatable bonds is 2. The van der Waals surface area contributed by atoms with Crippen molar-refractivity contribution in [1.29, 1.82) is 0 Å². The summed E-state index contributed by atoms with van der Waals surface area (Å²) in [5.74, 6) is -1.44. The molecule has 0 saturated carbocycles. The van der Waals surface area contributed by atoms with Crippen LogP contribution in [0.15, 0.2) is 30.5 Å². The fourth-order valence-electron chi connectivity index (χ4n) is 1.73. The van der Waals surface area contributed by atoms with Gasteiger partial charge in [0.05, 0.1) is 6.20 Å². The van der Waals surface area contributed by atoms with Gasteiger partial charge in [-0.1, -0.05) is 23.7 Å². The molecule has 0 aliphatic rings. The average Bonchev–Trinajstić information content (AvgIpc) is 2.82. The Morgan fingerprint density at radius 3 is 2.68 bits per heavy atom. The fraction of sp³-hybridized carbons (Fsp3) is 0. The monoisotopic (exact) mass is 274 g/mol. The van der Waals surface area contributed by atoms with Crippen LogP contribution in [0.3, 0.4) is 0 Å². The zero-order chi connectivity index (χ0) is 13.4. The minimum atomic E-state index is -1.18. The lowest BCUT2D eigenvalue weighted by atomic mass is 10.1. The van der Waals surface area contributed by atoms with Gasteiger partial charge in [-0.25, -0.2) is 14.8 Å². The molecule has 0 atom stereocenters. The number of aromatic nitrogens is 4. The van der Waals surface area contributed by atoms with Crippen LogP contribution in [0, 0.1) is 0 Å². The van der Waals surface area contributed by atoms with Gasteiger partial charge in [0.1, 0.15) is 16.7 Å². The van der Waals surface area contributed by atoms with E-state index < -0.39 is 5.97 Å². The molecule has 7 heteroatoms. The van der Waals surface area contributed by atoms with E-state index in [0.29, 0.717) is 21.7 Å². The van der Waals surface area contributed by atoms with Crippen LogP contribution in [0.25, 0.3) is 22.3 Å². The van der Waals surface area contributed by atoms with Crippen molar-refractivity contribution in [2.45, 2.75) is 0 Å². The number of H-pyrrole nitrogens is 1. The second-order valence-electron chi connectivity index (χ2n) is 3.84. The van der Waals surface area contributed by atoms with Gasteiger partial charge < -0.3 is 5.11 Å². The van der Waals surface area contributed by atoms with E-state index in [4.69, 9.17) is 16.7 Å². The molecule has 0 saturated heterocycles. The summed E-state index contributed by atoms with van der Waals surface area (Å²) in [6, 6.07) is 7.05. The lowest BCUT2D eigenvalue weighted by molar-refractivity contribution is 0.0684. The molecule has 0 unspecified atom stereocenters. The molecule has 0 fully saturated rings. The van der Waals surface area contributed by atoms with Gasteiger partial charge >= 0.3 is 5.97 Å². The average molecular weight is 275 g/mol. The highest BCUT2D eigenvalue weighted by molar-refractivity contribution is 6.30. The molecule has 0 bridgehead atoms. The second kappa shape index (κ2) is 4.33. The topological polar surface area (TPSA) is 91.8 Å². The first-order valence-corrected chi connectivity index (χ1v) is 5.73. The number of aromatic carboxylic acids is 1. The van der Waals surface area contributed by atoms with Crippen LogP contribution in [0.4, 0.5) is 0 Å². The Balaban J connectivity index is 2.21. The van der Waals surface area contributed by atoms with Crippen molar-refractivity contribution in [3.63, 3.8) is 0 Å². The molecule has 0 amide bonds. The van der Waals surface area contributed by atoms with Gasteiger partial charge in [0.15, 0.2) is 0 Å². The quantitative estimate of drug-likeness (QED) is 0.748. The predicted octanol–water partition coefficient (Wildman–Crippen LogP) is 2.37. The third kappa shape index (κ3) is 2.02. The Morgan fingerprint density at radius 2 is 2.00 bits per heavy atom. The SMILES string of the molecule is O=C(O)c1ncc2[nH]nc(-c3ccc(Cl)cc3)c2n1. The summed E-state index contributed by atoms with van der Waals surface area (Å²) in [5, 5.41) is 16.4. The molecule has 0 aliphatic heterocycles. The van der Waals surface area contributed by atoms with Crippen LogP contribution in [0.1, 0.15) is 10.6 Å². The number of halogens is 1. The Morgan fingerprint density at radius 1 is 1.26 bits per heavy atom. The molecule has 2 heterocycles. The number of carboxylic acid groups (broad SMARTS) is 1. The minimum Gasteiger partial charge on any atom is -0.475 e. The summed E-state index contributed by atoms with van der Waals surface area (Å²) in [5.41, 5.74) is 2.41. The van der Waals surface area contributed by atoms with E-state index in [1.54, 1.807) is 24.3 Å². The lowest BCUT2D eigenvalue weighted by Crippen LogP contribution is -2.03. The third-order valence-electron chi connectivity index (χ3n) is 2.61. The van der Waals surface area contributed by atoms with Crippen LogP contribution in [0.2, 0.25) is 5.02 Å². The Kier molecular flexibility index (Phi) is 2.64. The number of hydrogen-bond acceptors (Lipinski definition) is 4. The Labute approximate surface area is 112 Å². The van der Waals surface area contributed by atoms with Crippen LogP contribution in [0.5, 0.6) is 0 Å². The van der Waals surface area contributed by atoms with Crippen LogP contribution in [-0.2, 0) is 0 Å². The maximum absolute atomic E-state index is 10.9. The molecule has 0 radical (unpaired) electrons. The summed E-state index contributed by atoms with van der Waals surface area (Å²) in [4.78, 5) is 18.6. The normalized spacial score (nSPS) is 10.8. The van der Waals surface area contributed by atoms with Crippen molar-refractivity contribution >= 4 is 28.6 Å². The zero-order valence-electron chi connectivity index (χ0n) is 9.46. The van der Waals surface area contributed by atoms with Gasteiger partial charge in [0.2, 0.25) is 5.82 Å². The van der Waals surface area contributed by atoms with Crippen molar-refractivity contribution in [3.8, 4) is 11.3 Å². The summed E-state index contributed by atoms with van der Waals surface area (Å²) >= 11 is 5.83. The van der Waals surface area contributed by atoms with E-state index in [2.05, 4.69) is 20.2 Å². The number of benzene rings is 1. The fourth-order valence-corrected chi connectivity index (χ4v) is 1.85. The molecule has 2 N–H and O–H groups in total. The number of nitrogens with zero attached hydrogens (tertiary/aromatic N) is 3. The number of nitrogens with one attached hydrogen (secondary N) is 1. The number of hydrogen-bond donors (Lipinski definition) is 2. The molecular weight excluding hydrogens is 268 g/mol. The van der Waals surface area contributed by atoms with Crippen molar-refractivity contribution in [1.82, 2.24) is 20.2 Å². The minimum absolute atomic E-state index is 0.260. The number of fused-ring (bicyclic) bond motifs is 1. The van der Waals surface area contributed by atoms with Gasteiger partial charge in [-0.3, -0.25) is 5.10 Å². The number of carboxylic acids is 1. The molecule has 1 aromatic carbocycles. The van der Waals surface area contributed by atoms with E-state index in [1.165, 1.54) is 6.20 Å². The first kappa shape index (κ1) is 11.6. The van der Waals surface area contributed by atoms with E-state index >= 15 is 0 Å². The molecule has 3 rings (SSSR count). The number of carbonyl (C=O) groups is 1. The van der Waals surface area contributed by atoms with Gasteiger partial charge in [-0.05, 0) is 12.1 Å². The lowest BCUT2D eigenvalue weighted by Gasteiger charge is -1.98. The van der Waals surface area contributed by atoms with Crippen molar-refractivity contribution < 1.29 is 9.90 Å². The van der Waals surface area contributed by atoms with Crippen molar-refractivity contribution in [3.05, 3.63) is 41.3 Å². The molecule has 0 aliphatic carbocycles. The standard InChI is InChI=1S/C12H7ClN4O2/c13-7-3-1-6(2-4-7)9-10-8(16-17-9)5-14-11(15-10)12(18)19/h1-5H,(H,16,17)(H,18,19). The molecule has 6 nitrogen and oxygen atoms in total. The molecule has 0 spiro atoms. The Hall–Kier alpha value is -2.47. The first-order valence-electron chi connectivity index (χ1n) is 5.35. The zero-order valence-corrected chi connectivity index (χ0v) is 10.2. The summed E-state index contributed by atoms with van der Waals surface area (Å²) in [6.07, 6.45) is 1.40. The van der Waals surface area contributed by atoms with Gasteiger partial charge in [-0.15, -0.1) is 0 Å².